The van der Waals surface area contributed by atoms with Crippen molar-refractivity contribution in [3.8, 4) is 11.8 Å². The maximum Gasteiger partial charge on any atom is 0.178 e. The molecule has 1 fully saturated rings. The van der Waals surface area contributed by atoms with Gasteiger partial charge >= 0.3 is 0 Å². The van der Waals surface area contributed by atoms with Crippen molar-refractivity contribution in [3.63, 3.8) is 0 Å². The van der Waals surface area contributed by atoms with Crippen LogP contribution in [0.3, 0.4) is 0 Å². The molecule has 2 rings (SSSR count). The minimum Gasteiger partial charge on any atom is -0.494 e. The maximum absolute atomic E-state index is 8.74. The molecule has 2 unspecified atom stereocenters. The van der Waals surface area contributed by atoms with Crippen molar-refractivity contribution in [1.82, 2.24) is 0 Å². The number of nitriles is 1. The molecule has 0 N–H and O–H groups in total. The largest absolute Gasteiger partial charge is 0.494 e. The zero-order chi connectivity index (χ0) is 10.9. The highest BCUT2D eigenvalue weighted by molar-refractivity contribution is 5.36. The Morgan fingerprint density at radius 2 is 2.13 bits per heavy atom. The maximum atomic E-state index is 8.74. The van der Waals surface area contributed by atoms with Crippen molar-refractivity contribution in [3.05, 3.63) is 29.8 Å². The van der Waals surface area contributed by atoms with Crippen LogP contribution in [-0.2, 0) is 10.3 Å². The van der Waals surface area contributed by atoms with Crippen LogP contribution in [0.15, 0.2) is 24.3 Å². The van der Waals surface area contributed by atoms with Crippen molar-refractivity contribution in [2.75, 3.05) is 6.61 Å². The first-order valence-electron chi connectivity index (χ1n) is 5.01. The van der Waals surface area contributed by atoms with Crippen LogP contribution in [-0.4, -0.2) is 12.7 Å². The van der Waals surface area contributed by atoms with Gasteiger partial charge in [-0.1, -0.05) is 12.1 Å². The van der Waals surface area contributed by atoms with Crippen molar-refractivity contribution < 1.29 is 9.47 Å². The van der Waals surface area contributed by atoms with E-state index in [-0.39, 0.29) is 6.10 Å². The summed E-state index contributed by atoms with van der Waals surface area (Å²) in [5.74, 6) is 0.846. The summed E-state index contributed by atoms with van der Waals surface area (Å²) in [5.41, 5.74) is 0.608. The molecular weight excluding hydrogens is 190 g/mol. The average molecular weight is 203 g/mol. The third-order valence-electron chi connectivity index (χ3n) is 2.66. The minimum atomic E-state index is -0.417. The van der Waals surface area contributed by atoms with E-state index in [0.29, 0.717) is 6.61 Å². The molecule has 2 atom stereocenters. The van der Waals surface area contributed by atoms with Crippen LogP contribution < -0.4 is 4.74 Å². The lowest BCUT2D eigenvalue weighted by molar-refractivity contribution is 0.320. The molecule has 1 heterocycles. The quantitative estimate of drug-likeness (QED) is 0.707. The molecule has 1 aliphatic heterocycles. The molecule has 78 valence electrons. The summed E-state index contributed by atoms with van der Waals surface area (Å²) in [7, 11) is 0. The highest BCUT2D eigenvalue weighted by Crippen LogP contribution is 2.45. The van der Waals surface area contributed by atoms with E-state index in [1.54, 1.807) is 0 Å². The first-order valence-corrected chi connectivity index (χ1v) is 5.01. The molecule has 0 amide bonds. The SMILES string of the molecule is CCOc1ccc(C2(C)OC2C#N)cc1. The van der Waals surface area contributed by atoms with Gasteiger partial charge in [0.1, 0.15) is 11.4 Å². The van der Waals surface area contributed by atoms with Crippen LogP contribution in [0, 0.1) is 11.3 Å². The fourth-order valence-corrected chi connectivity index (χ4v) is 1.63. The lowest BCUT2D eigenvalue weighted by Crippen LogP contribution is -2.06. The van der Waals surface area contributed by atoms with Crippen molar-refractivity contribution in [2.24, 2.45) is 0 Å². The van der Waals surface area contributed by atoms with Gasteiger partial charge in [-0.15, -0.1) is 0 Å². The summed E-state index contributed by atoms with van der Waals surface area (Å²) >= 11 is 0. The van der Waals surface area contributed by atoms with Crippen LogP contribution in [0.25, 0.3) is 0 Å². The molecule has 0 aliphatic carbocycles. The Labute approximate surface area is 89.2 Å². The Morgan fingerprint density at radius 1 is 1.47 bits per heavy atom. The van der Waals surface area contributed by atoms with E-state index >= 15 is 0 Å². The second kappa shape index (κ2) is 3.56. The van der Waals surface area contributed by atoms with Gasteiger partial charge < -0.3 is 9.47 Å². The molecule has 1 saturated heterocycles. The van der Waals surface area contributed by atoms with E-state index in [2.05, 4.69) is 6.07 Å². The third kappa shape index (κ3) is 1.69. The Bertz CT molecular complexity index is 393. The molecule has 0 aromatic heterocycles. The molecular formula is C12H13NO2. The summed E-state index contributed by atoms with van der Waals surface area (Å²) in [5, 5.41) is 8.74. The predicted molar refractivity (Wildman–Crippen MR) is 55.4 cm³/mol. The van der Waals surface area contributed by atoms with E-state index in [0.717, 1.165) is 11.3 Å². The first kappa shape index (κ1) is 10.0. The van der Waals surface area contributed by atoms with Crippen molar-refractivity contribution in [2.45, 2.75) is 25.6 Å². The standard InChI is InChI=1S/C12H13NO2/c1-3-14-10-6-4-9(5-7-10)12(2)11(8-13)15-12/h4-7,11H,3H2,1-2H3. The smallest absolute Gasteiger partial charge is 0.178 e. The monoisotopic (exact) mass is 203 g/mol. The van der Waals surface area contributed by atoms with Gasteiger partial charge in [0, 0.05) is 0 Å². The molecule has 1 aromatic carbocycles. The van der Waals surface area contributed by atoms with E-state index < -0.39 is 5.60 Å². The third-order valence-corrected chi connectivity index (χ3v) is 2.66. The molecule has 3 nitrogen and oxygen atoms in total. The molecule has 0 radical (unpaired) electrons. The van der Waals surface area contributed by atoms with Crippen molar-refractivity contribution >= 4 is 0 Å². The molecule has 0 spiro atoms. The average Bonchev–Trinajstić information content (AvgIpc) is 2.93. The highest BCUT2D eigenvalue weighted by Gasteiger charge is 2.54. The number of ether oxygens (including phenoxy) is 2. The number of benzene rings is 1. The molecule has 3 heteroatoms. The normalized spacial score (nSPS) is 28.2. The topological polar surface area (TPSA) is 45.5 Å². The van der Waals surface area contributed by atoms with E-state index in [1.807, 2.05) is 38.1 Å². The van der Waals surface area contributed by atoms with Gasteiger partial charge in [-0.25, -0.2) is 0 Å². The molecule has 0 bridgehead atoms. The van der Waals surface area contributed by atoms with Crippen molar-refractivity contribution in [1.29, 1.82) is 5.26 Å². The summed E-state index contributed by atoms with van der Waals surface area (Å²) < 4.78 is 10.7. The highest BCUT2D eigenvalue weighted by atomic mass is 16.6. The zero-order valence-corrected chi connectivity index (χ0v) is 8.86. The molecule has 0 saturated carbocycles. The Kier molecular flexibility index (Phi) is 2.37. The number of hydrogen-bond acceptors (Lipinski definition) is 3. The predicted octanol–water partition coefficient (Wildman–Crippen LogP) is 2.22. The number of epoxide rings is 1. The summed E-state index contributed by atoms with van der Waals surface area (Å²) in [6.45, 7) is 4.54. The Morgan fingerprint density at radius 3 is 2.60 bits per heavy atom. The molecule has 15 heavy (non-hydrogen) atoms. The summed E-state index contributed by atoms with van der Waals surface area (Å²) in [4.78, 5) is 0. The fourth-order valence-electron chi connectivity index (χ4n) is 1.63. The zero-order valence-electron chi connectivity index (χ0n) is 8.86. The lowest BCUT2D eigenvalue weighted by atomic mass is 9.98. The number of hydrogen-bond donors (Lipinski definition) is 0. The van der Waals surface area contributed by atoms with Crippen LogP contribution in [0.1, 0.15) is 19.4 Å². The van der Waals surface area contributed by atoms with E-state index in [9.17, 15) is 0 Å². The summed E-state index contributed by atoms with van der Waals surface area (Å²) in [6.07, 6.45) is -0.310. The van der Waals surface area contributed by atoms with Crippen LogP contribution in [0.2, 0.25) is 0 Å². The second-order valence-electron chi connectivity index (χ2n) is 3.69. The van der Waals surface area contributed by atoms with E-state index in [4.69, 9.17) is 14.7 Å². The van der Waals surface area contributed by atoms with Gasteiger partial charge in [-0.05, 0) is 31.5 Å². The number of rotatable bonds is 3. The van der Waals surface area contributed by atoms with Gasteiger partial charge in [-0.3, -0.25) is 0 Å². The minimum absolute atomic E-state index is 0.310. The van der Waals surface area contributed by atoms with Gasteiger partial charge in [0.15, 0.2) is 6.10 Å². The van der Waals surface area contributed by atoms with Gasteiger partial charge in [0.2, 0.25) is 0 Å². The van der Waals surface area contributed by atoms with Crippen LogP contribution in [0.5, 0.6) is 5.75 Å². The van der Waals surface area contributed by atoms with Crippen LogP contribution in [0.4, 0.5) is 0 Å². The molecule has 1 aromatic rings. The first-order chi connectivity index (χ1) is 7.20. The van der Waals surface area contributed by atoms with Crippen LogP contribution >= 0.6 is 0 Å². The Hall–Kier alpha value is -1.53. The molecule has 1 aliphatic rings. The van der Waals surface area contributed by atoms with Gasteiger partial charge in [0.25, 0.3) is 0 Å². The van der Waals surface area contributed by atoms with E-state index in [1.165, 1.54) is 0 Å². The number of nitrogens with zero attached hydrogens (tertiary/aromatic N) is 1. The fraction of sp³-hybridized carbons (Fsp3) is 0.417. The second-order valence-corrected chi connectivity index (χ2v) is 3.69. The summed E-state index contributed by atoms with van der Waals surface area (Å²) in [6, 6.07) is 9.81. The van der Waals surface area contributed by atoms with Gasteiger partial charge in [-0.2, -0.15) is 5.26 Å². The Balaban J connectivity index is 2.15. The lowest BCUT2D eigenvalue weighted by Gasteiger charge is -2.07. The van der Waals surface area contributed by atoms with Gasteiger partial charge in [0.05, 0.1) is 12.7 Å².